The van der Waals surface area contributed by atoms with Gasteiger partial charge in [-0.1, -0.05) is 6.92 Å². The Kier molecular flexibility index (Phi) is 5.17. The SMILES string of the molecule is CCC(=Cc1c(OC)cc(OC)cc1OC)[N+](=O)[O-]. The van der Waals surface area contributed by atoms with Crippen molar-refractivity contribution in [2.75, 3.05) is 21.3 Å². The number of nitrogens with zero attached hydrogens (tertiary/aromatic N) is 1. The van der Waals surface area contributed by atoms with Crippen molar-refractivity contribution in [3.05, 3.63) is 33.5 Å². The molecule has 0 atom stereocenters. The number of hydrogen-bond donors (Lipinski definition) is 0. The summed E-state index contributed by atoms with van der Waals surface area (Å²) in [6, 6.07) is 3.31. The van der Waals surface area contributed by atoms with Gasteiger partial charge in [0.1, 0.15) is 17.2 Å². The van der Waals surface area contributed by atoms with Crippen LogP contribution in [0, 0.1) is 10.1 Å². The summed E-state index contributed by atoms with van der Waals surface area (Å²) in [5.41, 5.74) is 0.612. The molecule has 0 radical (unpaired) electrons. The molecule has 1 rings (SSSR count). The molecule has 0 unspecified atom stereocenters. The fourth-order valence-electron chi connectivity index (χ4n) is 1.63. The van der Waals surface area contributed by atoms with Gasteiger partial charge in [-0.15, -0.1) is 0 Å². The van der Waals surface area contributed by atoms with Crippen LogP contribution in [0.1, 0.15) is 18.9 Å². The number of nitro groups is 1. The minimum absolute atomic E-state index is 0.0850. The molecule has 0 aliphatic rings. The predicted molar refractivity (Wildman–Crippen MR) is 71.4 cm³/mol. The van der Waals surface area contributed by atoms with Crippen molar-refractivity contribution < 1.29 is 19.1 Å². The van der Waals surface area contributed by atoms with E-state index in [1.165, 1.54) is 27.4 Å². The second kappa shape index (κ2) is 6.63. The van der Waals surface area contributed by atoms with E-state index in [4.69, 9.17) is 14.2 Å². The van der Waals surface area contributed by atoms with Gasteiger partial charge in [-0.25, -0.2) is 0 Å². The Bertz CT molecular complexity index is 471. The maximum Gasteiger partial charge on any atom is 0.246 e. The van der Waals surface area contributed by atoms with E-state index in [-0.39, 0.29) is 5.70 Å². The molecular weight excluding hydrogens is 250 g/mol. The van der Waals surface area contributed by atoms with Crippen LogP contribution in [-0.4, -0.2) is 26.3 Å². The molecular formula is C13H17NO5. The molecule has 0 aliphatic heterocycles. The van der Waals surface area contributed by atoms with Gasteiger partial charge in [0, 0.05) is 24.6 Å². The van der Waals surface area contributed by atoms with Crippen LogP contribution in [0.4, 0.5) is 0 Å². The second-order valence-corrected chi connectivity index (χ2v) is 3.69. The Morgan fingerprint density at radius 2 is 1.74 bits per heavy atom. The summed E-state index contributed by atoms with van der Waals surface area (Å²) in [7, 11) is 4.50. The molecule has 0 saturated carbocycles. The van der Waals surface area contributed by atoms with Crippen LogP contribution in [0.25, 0.3) is 6.08 Å². The lowest BCUT2D eigenvalue weighted by molar-refractivity contribution is -0.425. The number of ether oxygens (including phenoxy) is 3. The largest absolute Gasteiger partial charge is 0.496 e. The van der Waals surface area contributed by atoms with Gasteiger partial charge in [0.05, 0.1) is 31.8 Å². The highest BCUT2D eigenvalue weighted by molar-refractivity contribution is 5.67. The van der Waals surface area contributed by atoms with E-state index < -0.39 is 4.92 Å². The van der Waals surface area contributed by atoms with Crippen molar-refractivity contribution in [2.45, 2.75) is 13.3 Å². The highest BCUT2D eigenvalue weighted by atomic mass is 16.6. The lowest BCUT2D eigenvalue weighted by atomic mass is 10.1. The zero-order valence-electron chi connectivity index (χ0n) is 11.4. The number of hydrogen-bond acceptors (Lipinski definition) is 5. The first-order valence-electron chi connectivity index (χ1n) is 5.72. The summed E-state index contributed by atoms with van der Waals surface area (Å²) in [5.74, 6) is 1.48. The maximum absolute atomic E-state index is 10.9. The van der Waals surface area contributed by atoms with Crippen molar-refractivity contribution in [1.82, 2.24) is 0 Å². The van der Waals surface area contributed by atoms with E-state index in [1.807, 2.05) is 0 Å². The number of benzene rings is 1. The van der Waals surface area contributed by atoms with Crippen LogP contribution in [0.2, 0.25) is 0 Å². The van der Waals surface area contributed by atoms with Crippen molar-refractivity contribution in [3.8, 4) is 17.2 Å². The Balaban J connectivity index is 3.43. The van der Waals surface area contributed by atoms with Gasteiger partial charge in [0.15, 0.2) is 0 Å². The van der Waals surface area contributed by atoms with E-state index in [9.17, 15) is 10.1 Å². The van der Waals surface area contributed by atoms with Gasteiger partial charge >= 0.3 is 0 Å². The monoisotopic (exact) mass is 267 g/mol. The highest BCUT2D eigenvalue weighted by Gasteiger charge is 2.16. The predicted octanol–water partition coefficient (Wildman–Crippen LogP) is 2.74. The van der Waals surface area contributed by atoms with Crippen LogP contribution in [0.15, 0.2) is 17.8 Å². The molecule has 0 aliphatic carbocycles. The van der Waals surface area contributed by atoms with Crippen molar-refractivity contribution in [2.24, 2.45) is 0 Å². The van der Waals surface area contributed by atoms with E-state index in [0.29, 0.717) is 29.2 Å². The summed E-state index contributed by atoms with van der Waals surface area (Å²) in [6.07, 6.45) is 1.77. The third-order valence-electron chi connectivity index (χ3n) is 2.66. The van der Waals surface area contributed by atoms with E-state index in [1.54, 1.807) is 19.1 Å². The Hall–Kier alpha value is -2.24. The van der Waals surface area contributed by atoms with Crippen LogP contribution >= 0.6 is 0 Å². The minimum Gasteiger partial charge on any atom is -0.496 e. The van der Waals surface area contributed by atoms with E-state index in [0.717, 1.165) is 0 Å². The molecule has 0 bridgehead atoms. The van der Waals surface area contributed by atoms with Crippen molar-refractivity contribution in [1.29, 1.82) is 0 Å². The highest BCUT2D eigenvalue weighted by Crippen LogP contribution is 2.35. The van der Waals surface area contributed by atoms with Gasteiger partial charge in [-0.2, -0.15) is 0 Å². The molecule has 0 saturated heterocycles. The molecule has 1 aromatic rings. The molecule has 19 heavy (non-hydrogen) atoms. The van der Waals surface area contributed by atoms with Crippen LogP contribution in [0.3, 0.4) is 0 Å². The van der Waals surface area contributed by atoms with Crippen molar-refractivity contribution in [3.63, 3.8) is 0 Å². The normalized spacial score (nSPS) is 11.1. The molecule has 0 amide bonds. The van der Waals surface area contributed by atoms with Crippen molar-refractivity contribution >= 4 is 6.08 Å². The quantitative estimate of drug-likeness (QED) is 0.585. The number of methoxy groups -OCH3 is 3. The summed E-state index contributed by atoms with van der Waals surface area (Å²) in [5, 5.41) is 10.9. The molecule has 0 N–H and O–H groups in total. The Morgan fingerprint density at radius 3 is 2.05 bits per heavy atom. The van der Waals surface area contributed by atoms with Gasteiger partial charge in [-0.3, -0.25) is 10.1 Å². The number of rotatable bonds is 6. The van der Waals surface area contributed by atoms with Gasteiger partial charge < -0.3 is 14.2 Å². The maximum atomic E-state index is 10.9. The topological polar surface area (TPSA) is 70.8 Å². The smallest absolute Gasteiger partial charge is 0.246 e. The molecule has 6 nitrogen and oxygen atoms in total. The Labute approximate surface area is 111 Å². The van der Waals surface area contributed by atoms with Gasteiger partial charge in [0.25, 0.3) is 0 Å². The molecule has 0 aromatic heterocycles. The third kappa shape index (κ3) is 3.37. The zero-order valence-corrected chi connectivity index (χ0v) is 11.4. The first-order valence-corrected chi connectivity index (χ1v) is 5.72. The van der Waals surface area contributed by atoms with Gasteiger partial charge in [-0.05, 0) is 0 Å². The van der Waals surface area contributed by atoms with Gasteiger partial charge in [0.2, 0.25) is 5.70 Å². The summed E-state index contributed by atoms with van der Waals surface area (Å²) >= 11 is 0. The van der Waals surface area contributed by atoms with Crippen LogP contribution < -0.4 is 14.2 Å². The van der Waals surface area contributed by atoms with E-state index >= 15 is 0 Å². The van der Waals surface area contributed by atoms with Crippen LogP contribution in [0.5, 0.6) is 17.2 Å². The molecule has 0 heterocycles. The number of allylic oxidation sites excluding steroid dienone is 1. The standard InChI is InChI=1S/C13H17NO5/c1-5-9(14(15)16)6-11-12(18-3)7-10(17-2)8-13(11)19-4/h6-8H,5H2,1-4H3. The van der Waals surface area contributed by atoms with Crippen LogP contribution in [-0.2, 0) is 0 Å². The molecule has 104 valence electrons. The average Bonchev–Trinajstić information content (AvgIpc) is 2.43. The summed E-state index contributed by atoms with van der Waals surface area (Å²) in [6.45, 7) is 1.72. The summed E-state index contributed by atoms with van der Waals surface area (Å²) in [4.78, 5) is 10.5. The zero-order chi connectivity index (χ0) is 14.4. The lowest BCUT2D eigenvalue weighted by Gasteiger charge is -2.12. The third-order valence-corrected chi connectivity index (χ3v) is 2.66. The lowest BCUT2D eigenvalue weighted by Crippen LogP contribution is -1.99. The minimum atomic E-state index is -0.414. The molecule has 0 spiro atoms. The average molecular weight is 267 g/mol. The fourth-order valence-corrected chi connectivity index (χ4v) is 1.63. The fraction of sp³-hybridized carbons (Fsp3) is 0.385. The first kappa shape index (κ1) is 14.8. The Morgan fingerprint density at radius 1 is 1.21 bits per heavy atom. The molecule has 1 aromatic carbocycles. The van der Waals surface area contributed by atoms with E-state index in [2.05, 4.69) is 0 Å². The molecule has 0 fully saturated rings. The summed E-state index contributed by atoms with van der Waals surface area (Å²) < 4.78 is 15.6. The first-order chi connectivity index (χ1) is 9.07. The molecule has 6 heteroatoms. The second-order valence-electron chi connectivity index (χ2n) is 3.69.